The van der Waals surface area contributed by atoms with Crippen molar-refractivity contribution in [3.8, 4) is 5.88 Å². The van der Waals surface area contributed by atoms with Crippen LogP contribution in [0, 0.1) is 0 Å². The quantitative estimate of drug-likeness (QED) is 0.692. The Bertz CT molecular complexity index is 478. The van der Waals surface area contributed by atoms with Crippen LogP contribution in [0.3, 0.4) is 0 Å². The Morgan fingerprint density at radius 1 is 1.47 bits per heavy atom. The van der Waals surface area contributed by atoms with E-state index in [2.05, 4.69) is 10.4 Å². The van der Waals surface area contributed by atoms with E-state index in [0.717, 1.165) is 4.68 Å². The second-order valence-corrected chi connectivity index (χ2v) is 3.29. The highest BCUT2D eigenvalue weighted by molar-refractivity contribution is 6.03. The number of hydrogen-bond acceptors (Lipinski definition) is 5. The van der Waals surface area contributed by atoms with Gasteiger partial charge in [-0.2, -0.15) is 0 Å². The second-order valence-electron chi connectivity index (χ2n) is 3.29. The van der Waals surface area contributed by atoms with Crippen LogP contribution < -0.4 is 15.6 Å². The summed E-state index contributed by atoms with van der Waals surface area (Å²) >= 11 is 0. The summed E-state index contributed by atoms with van der Waals surface area (Å²) in [7, 11) is 2.95. The monoisotopic (exact) mass is 209 g/mol. The number of aromatic nitrogens is 2. The van der Waals surface area contributed by atoms with Gasteiger partial charge in [-0.15, -0.1) is 5.10 Å². The molecule has 0 amide bonds. The molecule has 0 bridgehead atoms. The molecule has 1 aromatic rings. The van der Waals surface area contributed by atoms with Crippen molar-refractivity contribution in [2.75, 3.05) is 19.0 Å². The molecule has 0 aliphatic carbocycles. The molecular weight excluding hydrogens is 198 g/mol. The van der Waals surface area contributed by atoms with Gasteiger partial charge in [-0.05, 0) is 0 Å². The third-order valence-corrected chi connectivity index (χ3v) is 2.34. The molecular formula is C9H11N3O3. The molecule has 1 N–H and O–H groups in total. The highest BCUT2D eigenvalue weighted by Crippen LogP contribution is 2.26. The maximum atomic E-state index is 11.7. The first-order chi connectivity index (χ1) is 7.15. The Labute approximate surface area is 85.9 Å². The third-order valence-electron chi connectivity index (χ3n) is 2.34. The van der Waals surface area contributed by atoms with Gasteiger partial charge in [0.25, 0.3) is 11.4 Å². The number of nitrogens with zero attached hydrogens (tertiary/aromatic N) is 2. The van der Waals surface area contributed by atoms with Crippen molar-refractivity contribution in [3.63, 3.8) is 0 Å². The first kappa shape index (κ1) is 9.70. The molecule has 1 aliphatic rings. The van der Waals surface area contributed by atoms with Crippen molar-refractivity contribution in [3.05, 3.63) is 15.9 Å². The van der Waals surface area contributed by atoms with Crippen molar-refractivity contribution in [1.29, 1.82) is 0 Å². The predicted octanol–water partition coefficient (Wildman–Crippen LogP) is -0.213. The number of methoxy groups -OCH3 is 1. The zero-order valence-electron chi connectivity index (χ0n) is 8.53. The number of Topliss-reactive ketones (excluding diaryl/α,β-unsaturated/α-hetero) is 1. The fourth-order valence-electron chi connectivity index (χ4n) is 1.60. The molecule has 0 fully saturated rings. The number of hydrogen-bond donors (Lipinski definition) is 1. The van der Waals surface area contributed by atoms with Gasteiger partial charge >= 0.3 is 0 Å². The summed E-state index contributed by atoms with van der Waals surface area (Å²) in [5.41, 5.74) is 0.176. The molecule has 0 radical (unpaired) electrons. The number of aryl methyl sites for hydroxylation is 1. The molecule has 0 aromatic carbocycles. The van der Waals surface area contributed by atoms with Crippen LogP contribution in [0.4, 0.5) is 5.69 Å². The largest absolute Gasteiger partial charge is 0.478 e. The molecule has 2 rings (SSSR count). The van der Waals surface area contributed by atoms with E-state index >= 15 is 0 Å². The smallest absolute Gasteiger partial charge is 0.279 e. The van der Waals surface area contributed by atoms with E-state index in [9.17, 15) is 9.59 Å². The van der Waals surface area contributed by atoms with Crippen LogP contribution in [-0.4, -0.2) is 29.2 Å². The number of carbonyl (C=O) groups is 1. The Kier molecular flexibility index (Phi) is 2.18. The van der Waals surface area contributed by atoms with Crippen LogP contribution in [0.1, 0.15) is 16.8 Å². The number of carbonyl (C=O) groups excluding carboxylic acids is 1. The maximum Gasteiger partial charge on any atom is 0.279 e. The predicted molar refractivity (Wildman–Crippen MR) is 53.5 cm³/mol. The van der Waals surface area contributed by atoms with E-state index in [4.69, 9.17) is 4.74 Å². The van der Waals surface area contributed by atoms with Crippen LogP contribution in [0.5, 0.6) is 5.88 Å². The number of anilines is 1. The Morgan fingerprint density at radius 2 is 2.20 bits per heavy atom. The standard InChI is InChI=1S/C9H11N3O3/c1-12-9(14)6-5(13)3-4-10-7(6)8(11-12)15-2/h10H,3-4H2,1-2H3. The lowest BCUT2D eigenvalue weighted by atomic mass is 10.1. The van der Waals surface area contributed by atoms with Crippen molar-refractivity contribution in [2.45, 2.75) is 6.42 Å². The molecule has 0 atom stereocenters. The zero-order valence-corrected chi connectivity index (χ0v) is 8.53. The SMILES string of the molecule is COc1nn(C)c(=O)c2c1NCCC2=O. The number of nitrogens with one attached hydrogen (secondary N) is 1. The van der Waals surface area contributed by atoms with E-state index in [1.54, 1.807) is 0 Å². The van der Waals surface area contributed by atoms with E-state index in [-0.39, 0.29) is 22.8 Å². The Balaban J connectivity index is 2.76. The van der Waals surface area contributed by atoms with E-state index in [0.29, 0.717) is 18.7 Å². The molecule has 6 nitrogen and oxygen atoms in total. The van der Waals surface area contributed by atoms with Crippen LogP contribution in [0.25, 0.3) is 0 Å². The van der Waals surface area contributed by atoms with Gasteiger partial charge in [0, 0.05) is 20.0 Å². The molecule has 0 unspecified atom stereocenters. The lowest BCUT2D eigenvalue weighted by Crippen LogP contribution is -2.32. The summed E-state index contributed by atoms with van der Waals surface area (Å²) in [6.07, 6.45) is 0.329. The molecule has 0 saturated heterocycles. The molecule has 1 aliphatic heterocycles. The average molecular weight is 209 g/mol. The summed E-state index contributed by atoms with van der Waals surface area (Å²) in [5, 5.41) is 6.87. The molecule has 1 aromatic heterocycles. The van der Waals surface area contributed by atoms with Crippen LogP contribution in [-0.2, 0) is 7.05 Å². The summed E-state index contributed by atoms with van der Waals surface area (Å²) in [5.74, 6) is 0.116. The van der Waals surface area contributed by atoms with Crippen molar-refractivity contribution < 1.29 is 9.53 Å². The van der Waals surface area contributed by atoms with Gasteiger partial charge < -0.3 is 10.1 Å². The van der Waals surface area contributed by atoms with Crippen LogP contribution >= 0.6 is 0 Å². The summed E-state index contributed by atoms with van der Waals surface area (Å²) in [4.78, 5) is 23.3. The van der Waals surface area contributed by atoms with Crippen molar-refractivity contribution in [1.82, 2.24) is 9.78 Å². The topological polar surface area (TPSA) is 73.2 Å². The maximum absolute atomic E-state index is 11.7. The molecule has 80 valence electrons. The van der Waals surface area contributed by atoms with Gasteiger partial charge in [-0.25, -0.2) is 4.68 Å². The van der Waals surface area contributed by atoms with Crippen molar-refractivity contribution in [2.24, 2.45) is 7.05 Å². The van der Waals surface area contributed by atoms with Gasteiger partial charge in [0.2, 0.25) is 0 Å². The Morgan fingerprint density at radius 3 is 2.87 bits per heavy atom. The fourth-order valence-corrected chi connectivity index (χ4v) is 1.60. The molecule has 2 heterocycles. The van der Waals surface area contributed by atoms with Crippen molar-refractivity contribution >= 4 is 11.5 Å². The highest BCUT2D eigenvalue weighted by atomic mass is 16.5. The first-order valence-electron chi connectivity index (χ1n) is 4.57. The van der Waals surface area contributed by atoms with Gasteiger partial charge in [-0.1, -0.05) is 0 Å². The highest BCUT2D eigenvalue weighted by Gasteiger charge is 2.25. The summed E-state index contributed by atoms with van der Waals surface area (Å²) in [6.45, 7) is 0.511. The second kappa shape index (κ2) is 3.38. The summed E-state index contributed by atoms with van der Waals surface area (Å²) < 4.78 is 6.12. The van der Waals surface area contributed by atoms with E-state index < -0.39 is 0 Å². The first-order valence-corrected chi connectivity index (χ1v) is 4.57. The number of ether oxygens (including phenoxy) is 1. The van der Waals surface area contributed by atoms with Gasteiger partial charge in [0.15, 0.2) is 5.78 Å². The normalized spacial score (nSPS) is 14.4. The van der Waals surface area contributed by atoms with E-state index in [1.807, 2.05) is 0 Å². The minimum absolute atomic E-state index is 0.149. The number of rotatable bonds is 1. The van der Waals surface area contributed by atoms with Crippen LogP contribution in [0.2, 0.25) is 0 Å². The lowest BCUT2D eigenvalue weighted by Gasteiger charge is -2.18. The van der Waals surface area contributed by atoms with Crippen LogP contribution in [0.15, 0.2) is 4.79 Å². The lowest BCUT2D eigenvalue weighted by molar-refractivity contribution is 0.0980. The molecule has 15 heavy (non-hydrogen) atoms. The zero-order chi connectivity index (χ0) is 11.0. The van der Waals surface area contributed by atoms with E-state index in [1.165, 1.54) is 14.2 Å². The fraction of sp³-hybridized carbons (Fsp3) is 0.444. The minimum Gasteiger partial charge on any atom is -0.478 e. The van der Waals surface area contributed by atoms with Gasteiger partial charge in [0.1, 0.15) is 11.3 Å². The molecule has 0 spiro atoms. The number of ketones is 1. The average Bonchev–Trinajstić information content (AvgIpc) is 2.23. The van der Waals surface area contributed by atoms with Gasteiger partial charge in [-0.3, -0.25) is 9.59 Å². The number of fused-ring (bicyclic) bond motifs is 1. The third kappa shape index (κ3) is 1.38. The Hall–Kier alpha value is -1.85. The summed E-state index contributed by atoms with van der Waals surface area (Å²) in [6, 6.07) is 0. The minimum atomic E-state index is -0.386. The molecule has 0 saturated carbocycles. The van der Waals surface area contributed by atoms with Gasteiger partial charge in [0.05, 0.1) is 7.11 Å². The molecule has 6 heteroatoms.